The van der Waals surface area contributed by atoms with Crippen molar-refractivity contribution in [1.82, 2.24) is 4.90 Å². The molecule has 1 saturated carbocycles. The standard InChI is InChI=1S/C33H35Cl2FN2O5S/c1-3-44(42,43)37(28-10-5-4-9-27(28)36)20-29(21-11-12-21)38-31(22-13-15-24(34)16-14-22)26(23-7-6-8-25(35)17-23)18-33(2,32(38)41)19-30(39)40/h4-10,13-17,21,26,29,31H,3,11-12,18-20H2,1-2H3,(H,39,40)/t26-,29?,31-,33-/m1/s1. The zero-order valence-corrected chi connectivity index (χ0v) is 26.8. The Balaban J connectivity index is 1.72. The number of carbonyl (C=O) groups is 2. The molecule has 0 bridgehead atoms. The van der Waals surface area contributed by atoms with Crippen LogP contribution in [0.5, 0.6) is 0 Å². The van der Waals surface area contributed by atoms with E-state index in [1.807, 2.05) is 30.3 Å². The first-order valence-electron chi connectivity index (χ1n) is 14.6. The van der Waals surface area contributed by atoms with Crippen LogP contribution in [-0.2, 0) is 19.6 Å². The molecule has 1 N–H and O–H groups in total. The maximum absolute atomic E-state index is 15.2. The van der Waals surface area contributed by atoms with Crippen LogP contribution >= 0.6 is 23.2 Å². The van der Waals surface area contributed by atoms with Crippen molar-refractivity contribution in [2.24, 2.45) is 11.3 Å². The molecule has 4 atom stereocenters. The molecule has 44 heavy (non-hydrogen) atoms. The predicted octanol–water partition coefficient (Wildman–Crippen LogP) is 7.31. The molecule has 2 aliphatic rings. The Hall–Kier alpha value is -3.14. The number of nitrogens with zero attached hydrogens (tertiary/aromatic N) is 2. The number of anilines is 1. The van der Waals surface area contributed by atoms with Gasteiger partial charge in [-0.3, -0.25) is 13.9 Å². The normalized spacial score (nSPS) is 22.9. The van der Waals surface area contributed by atoms with Gasteiger partial charge in [0.25, 0.3) is 0 Å². The van der Waals surface area contributed by atoms with Gasteiger partial charge < -0.3 is 10.0 Å². The number of likely N-dealkylation sites (tertiary alicyclic amines) is 1. The number of sulfonamides is 1. The third kappa shape index (κ3) is 6.60. The Morgan fingerprint density at radius 1 is 1.05 bits per heavy atom. The van der Waals surface area contributed by atoms with Gasteiger partial charge in [0.15, 0.2) is 0 Å². The monoisotopic (exact) mass is 660 g/mol. The molecule has 0 spiro atoms. The van der Waals surface area contributed by atoms with E-state index in [9.17, 15) is 23.1 Å². The van der Waals surface area contributed by atoms with Crippen LogP contribution in [0.2, 0.25) is 10.0 Å². The molecule has 1 aliphatic carbocycles. The number of benzene rings is 3. The lowest BCUT2D eigenvalue weighted by Crippen LogP contribution is -2.59. The number of carbonyl (C=O) groups excluding carboxylic acids is 1. The van der Waals surface area contributed by atoms with Crippen LogP contribution in [0.15, 0.2) is 72.8 Å². The maximum atomic E-state index is 15.2. The second-order valence-electron chi connectivity index (χ2n) is 12.0. The number of amides is 1. The van der Waals surface area contributed by atoms with Crippen molar-refractivity contribution in [3.63, 3.8) is 0 Å². The number of aliphatic carboxylic acids is 1. The fourth-order valence-electron chi connectivity index (χ4n) is 6.53. The summed E-state index contributed by atoms with van der Waals surface area (Å²) in [6.07, 6.45) is 1.31. The van der Waals surface area contributed by atoms with Gasteiger partial charge in [-0.1, -0.05) is 66.5 Å². The van der Waals surface area contributed by atoms with Gasteiger partial charge in [0.1, 0.15) is 5.82 Å². The number of rotatable bonds is 11. The molecule has 7 nitrogen and oxygen atoms in total. The first kappa shape index (κ1) is 32.3. The van der Waals surface area contributed by atoms with Gasteiger partial charge in [0.2, 0.25) is 15.9 Å². The van der Waals surface area contributed by atoms with Crippen LogP contribution in [0, 0.1) is 17.2 Å². The topological polar surface area (TPSA) is 95.0 Å². The largest absolute Gasteiger partial charge is 0.481 e. The average Bonchev–Trinajstić information content (AvgIpc) is 3.81. The summed E-state index contributed by atoms with van der Waals surface area (Å²) in [5.74, 6) is -2.90. The number of carboxylic acid groups (broad SMARTS) is 1. The molecule has 234 valence electrons. The van der Waals surface area contributed by atoms with Crippen molar-refractivity contribution in [3.8, 4) is 0 Å². The summed E-state index contributed by atoms with van der Waals surface area (Å²) in [6, 6.07) is 18.9. The second-order valence-corrected chi connectivity index (χ2v) is 15.0. The highest BCUT2D eigenvalue weighted by Gasteiger charge is 2.55. The highest BCUT2D eigenvalue weighted by molar-refractivity contribution is 7.92. The molecule has 2 fully saturated rings. The van der Waals surface area contributed by atoms with Gasteiger partial charge in [0.05, 0.1) is 41.9 Å². The van der Waals surface area contributed by atoms with Gasteiger partial charge in [-0.05, 0) is 79.6 Å². The molecule has 5 rings (SSSR count). The number of halogens is 3. The number of carboxylic acids is 1. The van der Waals surface area contributed by atoms with Gasteiger partial charge >= 0.3 is 5.97 Å². The summed E-state index contributed by atoms with van der Waals surface area (Å²) in [5, 5.41) is 10.9. The minimum atomic E-state index is -3.97. The van der Waals surface area contributed by atoms with E-state index in [1.54, 1.807) is 36.1 Å². The Bertz CT molecular complexity index is 1650. The third-order valence-corrected chi connectivity index (χ3v) is 11.1. The fraction of sp³-hybridized carbons (Fsp3) is 0.394. The van der Waals surface area contributed by atoms with E-state index in [0.29, 0.717) is 10.0 Å². The second kappa shape index (κ2) is 12.7. The molecule has 1 heterocycles. The van der Waals surface area contributed by atoms with Gasteiger partial charge in [-0.25, -0.2) is 12.8 Å². The van der Waals surface area contributed by atoms with Crippen LogP contribution in [-0.4, -0.2) is 48.6 Å². The molecule has 11 heteroatoms. The number of hydrogen-bond donors (Lipinski definition) is 1. The third-order valence-electron chi connectivity index (χ3n) is 8.83. The highest BCUT2D eigenvalue weighted by atomic mass is 35.5. The molecule has 1 saturated heterocycles. The van der Waals surface area contributed by atoms with E-state index in [1.165, 1.54) is 25.1 Å². The van der Waals surface area contributed by atoms with Crippen molar-refractivity contribution in [1.29, 1.82) is 0 Å². The van der Waals surface area contributed by atoms with E-state index in [2.05, 4.69) is 0 Å². The minimum absolute atomic E-state index is 0.0673. The fourth-order valence-corrected chi connectivity index (χ4v) is 8.00. The lowest BCUT2D eigenvalue weighted by Gasteiger charge is -2.52. The average molecular weight is 662 g/mol. The first-order valence-corrected chi connectivity index (χ1v) is 17.0. The Morgan fingerprint density at radius 3 is 2.32 bits per heavy atom. The molecule has 0 aromatic heterocycles. The summed E-state index contributed by atoms with van der Waals surface area (Å²) >= 11 is 12.7. The molecule has 1 amide bonds. The van der Waals surface area contributed by atoms with Crippen LogP contribution in [0.3, 0.4) is 0 Å². The predicted molar refractivity (Wildman–Crippen MR) is 170 cm³/mol. The number of para-hydroxylation sites is 1. The first-order chi connectivity index (χ1) is 20.8. The zero-order valence-electron chi connectivity index (χ0n) is 24.5. The molecule has 1 aliphatic heterocycles. The summed E-state index contributed by atoms with van der Waals surface area (Å²) in [6.45, 7) is 2.98. The number of hydrogen-bond acceptors (Lipinski definition) is 4. The van der Waals surface area contributed by atoms with E-state index in [4.69, 9.17) is 23.2 Å². The molecule has 1 unspecified atom stereocenters. The van der Waals surface area contributed by atoms with Crippen molar-refractivity contribution in [3.05, 3.63) is 99.8 Å². The summed E-state index contributed by atoms with van der Waals surface area (Å²) < 4.78 is 43.3. The summed E-state index contributed by atoms with van der Waals surface area (Å²) in [4.78, 5) is 28.6. The SMILES string of the molecule is CCS(=O)(=O)N(CC(C1CC1)N1C(=O)[C@@](C)(CC(=O)O)C[C@H](c2cccc(Cl)c2)[C@H]1c1ccc(Cl)cc1)c1ccccc1F. The van der Waals surface area contributed by atoms with E-state index < -0.39 is 45.7 Å². The Morgan fingerprint density at radius 2 is 1.73 bits per heavy atom. The Labute approximate surface area is 267 Å². The molecule has 0 radical (unpaired) electrons. The Kier molecular flexibility index (Phi) is 9.31. The number of piperidine rings is 1. The smallest absolute Gasteiger partial charge is 0.304 e. The maximum Gasteiger partial charge on any atom is 0.304 e. The van der Waals surface area contributed by atoms with Crippen LogP contribution in [0.25, 0.3) is 0 Å². The van der Waals surface area contributed by atoms with E-state index in [0.717, 1.165) is 28.3 Å². The van der Waals surface area contributed by atoms with Crippen molar-refractivity contribution < 1.29 is 27.5 Å². The molecule has 3 aromatic rings. The van der Waals surface area contributed by atoms with E-state index in [-0.39, 0.29) is 42.1 Å². The summed E-state index contributed by atoms with van der Waals surface area (Å²) in [7, 11) is -3.97. The van der Waals surface area contributed by atoms with Crippen molar-refractivity contribution >= 4 is 50.8 Å². The molecule has 3 aromatic carbocycles. The van der Waals surface area contributed by atoms with Crippen molar-refractivity contribution in [2.75, 3.05) is 16.6 Å². The lowest BCUT2D eigenvalue weighted by atomic mass is 9.67. The van der Waals surface area contributed by atoms with Crippen molar-refractivity contribution in [2.45, 2.75) is 57.5 Å². The molecular weight excluding hydrogens is 626 g/mol. The van der Waals surface area contributed by atoms with E-state index >= 15 is 4.39 Å². The van der Waals surface area contributed by atoms with Crippen LogP contribution < -0.4 is 4.31 Å². The molecular formula is C33H35Cl2FN2O5S. The lowest BCUT2D eigenvalue weighted by molar-refractivity contribution is -0.160. The minimum Gasteiger partial charge on any atom is -0.481 e. The quantitative estimate of drug-likeness (QED) is 0.233. The van der Waals surface area contributed by atoms with Crippen LogP contribution in [0.4, 0.5) is 10.1 Å². The van der Waals surface area contributed by atoms with Crippen LogP contribution in [0.1, 0.15) is 62.6 Å². The van der Waals surface area contributed by atoms with Gasteiger partial charge in [0, 0.05) is 16.0 Å². The van der Waals surface area contributed by atoms with Gasteiger partial charge in [-0.15, -0.1) is 0 Å². The highest BCUT2D eigenvalue weighted by Crippen LogP contribution is 2.54. The van der Waals surface area contributed by atoms with Gasteiger partial charge in [-0.2, -0.15) is 0 Å². The summed E-state index contributed by atoms with van der Waals surface area (Å²) in [5.41, 5.74) is 0.202. The zero-order chi connectivity index (χ0) is 31.8.